The number of hydrogen-bond acceptors (Lipinski definition) is 4. The zero-order valence-corrected chi connectivity index (χ0v) is 15.5. The summed E-state index contributed by atoms with van der Waals surface area (Å²) in [7, 11) is 0. The maximum atomic E-state index is 13.7. The second kappa shape index (κ2) is 6.70. The summed E-state index contributed by atoms with van der Waals surface area (Å²) in [6.07, 6.45) is 0.491. The van der Waals surface area contributed by atoms with Gasteiger partial charge in [0.15, 0.2) is 6.61 Å². The number of ether oxygens (including phenoxy) is 2. The molecule has 0 radical (unpaired) electrons. The van der Waals surface area contributed by atoms with Crippen LogP contribution in [0.4, 0.5) is 20.6 Å². The molecule has 3 N–H and O–H groups in total. The van der Waals surface area contributed by atoms with Crippen molar-refractivity contribution in [3.05, 3.63) is 47.8 Å². The minimum atomic E-state index is -0.504. The highest BCUT2D eigenvalue weighted by atomic mass is 19.1. The van der Waals surface area contributed by atoms with E-state index in [2.05, 4.69) is 16.0 Å². The summed E-state index contributed by atoms with van der Waals surface area (Å²) in [4.78, 5) is 24.0. The summed E-state index contributed by atoms with van der Waals surface area (Å²) in [5.41, 5.74) is 1.08. The van der Waals surface area contributed by atoms with E-state index in [0.717, 1.165) is 0 Å². The Hall–Kier alpha value is -3.29. The van der Waals surface area contributed by atoms with Crippen LogP contribution in [-0.4, -0.2) is 24.1 Å². The summed E-state index contributed by atoms with van der Waals surface area (Å²) in [5, 5.41) is 8.31. The molecule has 0 aliphatic carbocycles. The van der Waals surface area contributed by atoms with Gasteiger partial charge in [-0.15, -0.1) is 0 Å². The molecule has 2 aromatic carbocycles. The molecule has 0 spiro atoms. The summed E-state index contributed by atoms with van der Waals surface area (Å²) in [6, 6.07) is 8.40. The summed E-state index contributed by atoms with van der Waals surface area (Å²) in [6.45, 7) is 3.80. The van der Waals surface area contributed by atoms with Crippen molar-refractivity contribution < 1.29 is 23.5 Å². The molecule has 3 amide bonds. The summed E-state index contributed by atoms with van der Waals surface area (Å²) < 4.78 is 24.9. The van der Waals surface area contributed by atoms with Crippen LogP contribution in [-0.2, 0) is 4.79 Å². The van der Waals surface area contributed by atoms with Gasteiger partial charge in [0.25, 0.3) is 5.91 Å². The summed E-state index contributed by atoms with van der Waals surface area (Å²) in [5.74, 6) is 0.453. The molecule has 2 heterocycles. The fraction of sp³-hybridized carbons (Fsp3) is 0.300. The van der Waals surface area contributed by atoms with Crippen molar-refractivity contribution in [3.8, 4) is 11.5 Å². The van der Waals surface area contributed by atoms with Gasteiger partial charge in [0.1, 0.15) is 22.9 Å². The van der Waals surface area contributed by atoms with E-state index in [0.29, 0.717) is 34.9 Å². The molecule has 0 fully saturated rings. The van der Waals surface area contributed by atoms with Gasteiger partial charge in [0.05, 0.1) is 11.7 Å². The number of nitrogens with one attached hydrogen (secondary N) is 3. The number of benzene rings is 2. The Balaban J connectivity index is 1.50. The van der Waals surface area contributed by atoms with Crippen LogP contribution in [0, 0.1) is 5.82 Å². The van der Waals surface area contributed by atoms with Gasteiger partial charge < -0.3 is 25.4 Å². The van der Waals surface area contributed by atoms with Crippen LogP contribution < -0.4 is 25.4 Å². The van der Waals surface area contributed by atoms with Crippen molar-refractivity contribution in [1.29, 1.82) is 0 Å². The van der Waals surface area contributed by atoms with E-state index in [1.54, 1.807) is 24.3 Å². The number of hydrogen-bond donors (Lipinski definition) is 3. The summed E-state index contributed by atoms with van der Waals surface area (Å²) >= 11 is 0. The first-order valence-corrected chi connectivity index (χ1v) is 8.92. The largest absolute Gasteiger partial charge is 0.487 e. The van der Waals surface area contributed by atoms with Crippen LogP contribution in [0.1, 0.15) is 31.9 Å². The van der Waals surface area contributed by atoms with Gasteiger partial charge in [-0.3, -0.25) is 4.79 Å². The average Bonchev–Trinajstić information content (AvgIpc) is 2.61. The molecule has 0 saturated carbocycles. The van der Waals surface area contributed by atoms with E-state index < -0.39 is 17.7 Å². The number of anilines is 2. The van der Waals surface area contributed by atoms with Crippen LogP contribution in [0.2, 0.25) is 0 Å². The first kappa shape index (κ1) is 18.1. The number of halogens is 1. The SMILES string of the molecule is CC1(C)C[C@H](NC(=O)Nc2ccc3c(c2)NC(=O)CO3)c2cc(F)ccc2O1. The average molecular weight is 385 g/mol. The maximum Gasteiger partial charge on any atom is 0.319 e. The maximum absolute atomic E-state index is 13.7. The topological polar surface area (TPSA) is 88.7 Å². The van der Waals surface area contributed by atoms with E-state index >= 15 is 0 Å². The minimum absolute atomic E-state index is 0.0320. The zero-order valence-electron chi connectivity index (χ0n) is 15.5. The fourth-order valence-electron chi connectivity index (χ4n) is 3.44. The third-order valence-electron chi connectivity index (χ3n) is 4.60. The Labute approximate surface area is 161 Å². The lowest BCUT2D eigenvalue weighted by atomic mass is 9.89. The van der Waals surface area contributed by atoms with E-state index in [1.165, 1.54) is 12.1 Å². The van der Waals surface area contributed by atoms with Gasteiger partial charge in [-0.05, 0) is 50.2 Å². The van der Waals surface area contributed by atoms with Crippen LogP contribution in [0.3, 0.4) is 0 Å². The smallest absolute Gasteiger partial charge is 0.319 e. The highest BCUT2D eigenvalue weighted by molar-refractivity contribution is 5.97. The van der Waals surface area contributed by atoms with Gasteiger partial charge in [0, 0.05) is 17.7 Å². The first-order chi connectivity index (χ1) is 13.3. The van der Waals surface area contributed by atoms with E-state index in [4.69, 9.17) is 9.47 Å². The highest BCUT2D eigenvalue weighted by Gasteiger charge is 2.35. The second-order valence-corrected chi connectivity index (χ2v) is 7.45. The number of rotatable bonds is 2. The standard InChI is InChI=1S/C20H20FN3O4/c1-20(2)9-15(13-7-11(21)3-5-16(13)28-20)24-19(26)22-12-4-6-17-14(8-12)23-18(25)10-27-17/h3-8,15H,9-10H2,1-2H3,(H,23,25)(H2,22,24,26)/t15-/m0/s1. The fourth-order valence-corrected chi connectivity index (χ4v) is 3.44. The lowest BCUT2D eigenvalue weighted by Crippen LogP contribution is -2.42. The molecule has 0 aromatic heterocycles. The molecular formula is C20H20FN3O4. The Morgan fingerprint density at radius 1 is 1.21 bits per heavy atom. The predicted octanol–water partition coefficient (Wildman–Crippen LogP) is 3.58. The van der Waals surface area contributed by atoms with E-state index in [1.807, 2.05) is 13.8 Å². The molecule has 1 atom stereocenters. The Morgan fingerprint density at radius 3 is 2.82 bits per heavy atom. The van der Waals surface area contributed by atoms with Gasteiger partial charge in [0.2, 0.25) is 0 Å². The van der Waals surface area contributed by atoms with Gasteiger partial charge >= 0.3 is 6.03 Å². The van der Waals surface area contributed by atoms with Crippen LogP contribution >= 0.6 is 0 Å². The van der Waals surface area contributed by atoms with E-state index in [-0.39, 0.29) is 18.3 Å². The van der Waals surface area contributed by atoms with Crippen molar-refractivity contribution in [3.63, 3.8) is 0 Å². The molecule has 0 bridgehead atoms. The third kappa shape index (κ3) is 3.71. The molecule has 0 saturated heterocycles. The lowest BCUT2D eigenvalue weighted by molar-refractivity contribution is -0.118. The van der Waals surface area contributed by atoms with Crippen molar-refractivity contribution in [2.45, 2.75) is 31.9 Å². The Kier molecular flexibility index (Phi) is 4.33. The predicted molar refractivity (Wildman–Crippen MR) is 101 cm³/mol. The minimum Gasteiger partial charge on any atom is -0.487 e. The van der Waals surface area contributed by atoms with Crippen molar-refractivity contribution >= 4 is 23.3 Å². The van der Waals surface area contributed by atoms with E-state index in [9.17, 15) is 14.0 Å². The van der Waals surface area contributed by atoms with Crippen LogP contribution in [0.15, 0.2) is 36.4 Å². The quantitative estimate of drug-likeness (QED) is 0.737. The van der Waals surface area contributed by atoms with Crippen LogP contribution in [0.5, 0.6) is 11.5 Å². The molecule has 2 aromatic rings. The number of amides is 3. The molecule has 146 valence electrons. The lowest BCUT2D eigenvalue weighted by Gasteiger charge is -2.37. The highest BCUT2D eigenvalue weighted by Crippen LogP contribution is 2.39. The molecule has 28 heavy (non-hydrogen) atoms. The van der Waals surface area contributed by atoms with Crippen molar-refractivity contribution in [1.82, 2.24) is 5.32 Å². The zero-order chi connectivity index (χ0) is 19.9. The molecule has 0 unspecified atom stereocenters. The number of carbonyl (C=O) groups is 2. The first-order valence-electron chi connectivity index (χ1n) is 8.92. The monoisotopic (exact) mass is 385 g/mol. The third-order valence-corrected chi connectivity index (χ3v) is 4.60. The number of urea groups is 1. The van der Waals surface area contributed by atoms with Crippen molar-refractivity contribution in [2.24, 2.45) is 0 Å². The van der Waals surface area contributed by atoms with Gasteiger partial charge in [-0.2, -0.15) is 0 Å². The van der Waals surface area contributed by atoms with Crippen LogP contribution in [0.25, 0.3) is 0 Å². The number of fused-ring (bicyclic) bond motifs is 2. The molecular weight excluding hydrogens is 365 g/mol. The van der Waals surface area contributed by atoms with Crippen molar-refractivity contribution in [2.75, 3.05) is 17.2 Å². The van der Waals surface area contributed by atoms with Gasteiger partial charge in [-0.1, -0.05) is 0 Å². The van der Waals surface area contributed by atoms with Gasteiger partial charge in [-0.25, -0.2) is 9.18 Å². The Bertz CT molecular complexity index is 960. The number of carbonyl (C=O) groups excluding carboxylic acids is 2. The molecule has 7 nitrogen and oxygen atoms in total. The second-order valence-electron chi connectivity index (χ2n) is 7.45. The molecule has 2 aliphatic heterocycles. The molecule has 2 aliphatic rings. The Morgan fingerprint density at radius 2 is 2.00 bits per heavy atom. The normalized spacial score (nSPS) is 19.2. The molecule has 8 heteroatoms. The molecule has 4 rings (SSSR count).